The minimum absolute atomic E-state index is 0.00686. The number of thiophene rings is 1. The van der Waals surface area contributed by atoms with E-state index >= 15 is 0 Å². The highest BCUT2D eigenvalue weighted by Crippen LogP contribution is 2.46. The number of aliphatic carboxylic acids is 1. The third-order valence-corrected chi connectivity index (χ3v) is 15.3. The average molecular weight is 1010 g/mol. The minimum atomic E-state index is -3.74. The van der Waals surface area contributed by atoms with Crippen molar-refractivity contribution < 1.29 is 56.9 Å². The highest BCUT2D eigenvalue weighted by molar-refractivity contribution is 7.88. The van der Waals surface area contributed by atoms with Gasteiger partial charge in [0, 0.05) is 67.3 Å². The summed E-state index contributed by atoms with van der Waals surface area (Å²) in [5.41, 5.74) is 3.17. The molecule has 0 spiro atoms. The van der Waals surface area contributed by atoms with Crippen LogP contribution in [0.25, 0.3) is 10.4 Å². The monoisotopic (exact) mass is 1000 g/mol. The van der Waals surface area contributed by atoms with Crippen LogP contribution in [0.3, 0.4) is 0 Å². The van der Waals surface area contributed by atoms with Gasteiger partial charge in [-0.25, -0.2) is 27.1 Å². The number of carboxylic acid groups (broad SMARTS) is 2. The first-order valence-electron chi connectivity index (χ1n) is 21.5. The van der Waals surface area contributed by atoms with Crippen molar-refractivity contribution in [2.75, 3.05) is 61.9 Å². The fourth-order valence-electron chi connectivity index (χ4n) is 8.27. The first-order valence-corrected chi connectivity index (χ1v) is 24.3. The number of sulfonamides is 1. The molecule has 3 aromatic carbocycles. The van der Waals surface area contributed by atoms with Gasteiger partial charge in [0.25, 0.3) is 11.8 Å². The molecule has 0 aliphatic carbocycles. The van der Waals surface area contributed by atoms with Crippen LogP contribution in [0, 0.1) is 4.91 Å². The second-order valence-corrected chi connectivity index (χ2v) is 19.7. The number of carbonyl (C=O) groups is 6. The fraction of sp³-hybridized carbons (Fsp3) is 0.333. The van der Waals surface area contributed by atoms with Crippen molar-refractivity contribution in [2.24, 2.45) is 15.9 Å². The van der Waals surface area contributed by atoms with E-state index in [1.807, 2.05) is 24.1 Å². The number of piperidine rings is 2. The normalized spacial score (nSPS) is 17.0. The zero-order valence-corrected chi connectivity index (χ0v) is 39.4. The number of halogens is 1. The summed E-state index contributed by atoms with van der Waals surface area (Å²) in [5.74, 6) is 0.408. The van der Waals surface area contributed by atoms with Gasteiger partial charge in [-0.1, -0.05) is 41.9 Å². The molecule has 69 heavy (non-hydrogen) atoms. The maximum atomic E-state index is 13.6. The maximum Gasteiger partial charge on any atom is 0.433 e. The van der Waals surface area contributed by atoms with Crippen LogP contribution in [0.1, 0.15) is 68.1 Å². The molecule has 1 atom stereocenters. The highest BCUT2D eigenvalue weighted by Gasteiger charge is 2.47. The Labute approximate surface area is 404 Å². The summed E-state index contributed by atoms with van der Waals surface area (Å²) in [4.78, 5) is 93.6. The number of nitrogens with one attached hydrogen (secondary N) is 2. The number of nitrogens with zero attached hydrogens (tertiary/aromatic N) is 6. The number of aromatic carboxylic acids is 1. The molecule has 2 saturated heterocycles. The number of anilines is 3. The number of ether oxygens (including phenoxy) is 1. The van der Waals surface area contributed by atoms with E-state index in [4.69, 9.17) is 27.3 Å². The van der Waals surface area contributed by atoms with Gasteiger partial charge in [-0.05, 0) is 66.8 Å². The molecule has 0 radical (unpaired) electrons. The van der Waals surface area contributed by atoms with Crippen molar-refractivity contribution in [3.63, 3.8) is 0 Å². The van der Waals surface area contributed by atoms with E-state index in [1.54, 1.807) is 48.5 Å². The molecule has 4 heterocycles. The first-order chi connectivity index (χ1) is 32.9. The van der Waals surface area contributed by atoms with Gasteiger partial charge in [-0.3, -0.25) is 24.3 Å². The van der Waals surface area contributed by atoms with Gasteiger partial charge in [0.15, 0.2) is 17.2 Å². The molecule has 1 unspecified atom stereocenters. The molecule has 3 aliphatic rings. The Morgan fingerprint density at radius 1 is 1.03 bits per heavy atom. The topological polar surface area (TPSA) is 291 Å². The van der Waals surface area contributed by atoms with Crippen LogP contribution in [0.4, 0.5) is 17.1 Å². The predicted molar refractivity (Wildman–Crippen MR) is 257 cm³/mol. The van der Waals surface area contributed by atoms with Crippen LogP contribution >= 0.6 is 22.9 Å². The third kappa shape index (κ3) is 11.4. The number of imide groups is 1. The van der Waals surface area contributed by atoms with E-state index in [0.29, 0.717) is 40.2 Å². The van der Waals surface area contributed by atoms with Gasteiger partial charge in [0.05, 0.1) is 45.2 Å². The third-order valence-electron chi connectivity index (χ3n) is 11.8. The van der Waals surface area contributed by atoms with Crippen LogP contribution in [0.2, 0.25) is 5.02 Å². The number of nitroso groups, excluding NO2 is 1. The Bertz CT molecular complexity index is 2900. The molecule has 6 N–H and O–H groups in total. The van der Waals surface area contributed by atoms with Crippen molar-refractivity contribution in [2.45, 2.75) is 49.9 Å². The molecule has 0 bridgehead atoms. The first kappa shape index (κ1) is 49.8. The zero-order valence-electron chi connectivity index (χ0n) is 37.0. The number of aliphatic imine (C=N–C) groups is 1. The molecule has 4 aromatic rings. The molecule has 362 valence electrons. The SMILES string of the molecule is CN(c1cccc(-c2sc(C(=O)O)c(OCC(=O)O)c2Cl)c1)C1CCN(S(=O)(=O)Cc2cccc(NC(=O)CCN=C/C(CNc3cccc4c3C(=O)N(C3CCC(=O)[N+](=O)C3)C4=O)=N\N)c2)CC1. The van der Waals surface area contributed by atoms with Crippen molar-refractivity contribution >= 4 is 97.5 Å². The molecule has 7 rings (SSSR count). The number of hydrogen-bond donors (Lipinski definition) is 5. The number of carboxylic acids is 2. The largest absolute Gasteiger partial charge is 0.479 e. The molecule has 2 fully saturated rings. The van der Waals surface area contributed by atoms with E-state index < -0.39 is 52.3 Å². The number of hydrazone groups is 1. The van der Waals surface area contributed by atoms with Crippen LogP contribution < -0.4 is 26.1 Å². The van der Waals surface area contributed by atoms with Gasteiger partial charge in [-0.2, -0.15) is 5.10 Å². The standard InChI is InChI=1S/C45H46ClN9O12S2/c1-52(31-8-3-6-27(20-31)41-39(46)40(67-24-37(58)59)42(68-41)45(62)63)30-14-17-53(18-15-30)69(65,66)25-26-5-2-7-28(19-26)50-35(56)13-16-48-21-29(51-47)22-49-34-10-4-9-33-38(34)44(61)55(43(33)60)32-11-12-36(57)54(64)23-32/h2-10,19-21,30,32H,11-18,22-25H2,1H3,(H5-,47,48,49,50,56,58,59,61,62,63)/p+1. The number of rotatable bonds is 19. The molecular formula is C45H47ClN9O12S2+. The lowest BCUT2D eigenvalue weighted by atomic mass is 10.0. The molecule has 1 aromatic heterocycles. The number of hydrogen-bond acceptors (Lipinski definition) is 16. The van der Waals surface area contributed by atoms with E-state index in [9.17, 15) is 47.2 Å². The lowest BCUT2D eigenvalue weighted by Crippen LogP contribution is -2.48. The summed E-state index contributed by atoms with van der Waals surface area (Å²) in [6, 6.07) is 17.8. The number of amides is 4. The molecule has 21 nitrogen and oxygen atoms in total. The summed E-state index contributed by atoms with van der Waals surface area (Å²) in [6.45, 7) is -0.439. The van der Waals surface area contributed by atoms with Gasteiger partial charge >= 0.3 is 17.8 Å². The Morgan fingerprint density at radius 2 is 1.77 bits per heavy atom. The molecule has 0 saturated carbocycles. The van der Waals surface area contributed by atoms with E-state index in [2.05, 4.69) is 20.7 Å². The predicted octanol–water partition coefficient (Wildman–Crippen LogP) is 4.55. The smallest absolute Gasteiger partial charge is 0.433 e. The fourth-order valence-corrected chi connectivity index (χ4v) is 11.2. The Morgan fingerprint density at radius 3 is 2.48 bits per heavy atom. The van der Waals surface area contributed by atoms with Crippen LogP contribution in [-0.4, -0.2) is 139 Å². The summed E-state index contributed by atoms with van der Waals surface area (Å²) in [7, 11) is -1.85. The Hall–Kier alpha value is -7.08. The molecule has 4 amide bonds. The summed E-state index contributed by atoms with van der Waals surface area (Å²) in [5, 5.41) is 28.3. The van der Waals surface area contributed by atoms with Gasteiger partial charge < -0.3 is 36.3 Å². The lowest BCUT2D eigenvalue weighted by molar-refractivity contribution is -0.481. The molecule has 3 aliphatic heterocycles. The van der Waals surface area contributed by atoms with E-state index in [0.717, 1.165) is 21.9 Å². The number of fused-ring (bicyclic) bond motifs is 1. The summed E-state index contributed by atoms with van der Waals surface area (Å²) >= 11 is 7.39. The van der Waals surface area contributed by atoms with Gasteiger partial charge in [-0.15, -0.1) is 11.3 Å². The van der Waals surface area contributed by atoms with Crippen molar-refractivity contribution in [1.29, 1.82) is 0 Å². The Balaban J connectivity index is 0.872. The second kappa shape index (κ2) is 21.5. The molecule has 24 heteroatoms. The van der Waals surface area contributed by atoms with Gasteiger partial charge in [0.2, 0.25) is 22.5 Å². The van der Waals surface area contributed by atoms with Crippen LogP contribution in [0.15, 0.2) is 76.8 Å². The second-order valence-electron chi connectivity index (χ2n) is 16.3. The summed E-state index contributed by atoms with van der Waals surface area (Å²) < 4.78 is 34.2. The average Bonchev–Trinajstić information content (AvgIpc) is 3.80. The van der Waals surface area contributed by atoms with E-state index in [1.165, 1.54) is 16.6 Å². The molecular weight excluding hydrogens is 958 g/mol. The summed E-state index contributed by atoms with van der Waals surface area (Å²) in [6.07, 6.45) is 2.52. The number of nitrogens with two attached hydrogens (primary N) is 1. The van der Waals surface area contributed by atoms with Crippen LogP contribution in [0.5, 0.6) is 5.75 Å². The minimum Gasteiger partial charge on any atom is -0.479 e. The van der Waals surface area contributed by atoms with Crippen molar-refractivity contribution in [3.8, 4) is 16.2 Å². The highest BCUT2D eigenvalue weighted by atomic mass is 35.5. The lowest BCUT2D eigenvalue weighted by Gasteiger charge is -2.37. The number of benzene rings is 3. The number of carbonyl (C=O) groups excluding carboxylic acids is 4. The maximum absolute atomic E-state index is 13.6. The van der Waals surface area contributed by atoms with Crippen molar-refractivity contribution in [3.05, 3.63) is 98.2 Å². The Kier molecular flexibility index (Phi) is 15.5. The van der Waals surface area contributed by atoms with E-state index in [-0.39, 0.29) is 107 Å². The zero-order chi connectivity index (χ0) is 49.6. The van der Waals surface area contributed by atoms with Gasteiger partial charge in [0.1, 0.15) is 11.1 Å². The van der Waals surface area contributed by atoms with Crippen molar-refractivity contribution in [1.82, 2.24) is 9.21 Å². The quantitative estimate of drug-likeness (QED) is 0.0283. The van der Waals surface area contributed by atoms with Crippen LogP contribution in [-0.2, 0) is 30.2 Å².